The summed E-state index contributed by atoms with van der Waals surface area (Å²) in [5.74, 6) is 0. The molecule has 0 unspecified atom stereocenters. The summed E-state index contributed by atoms with van der Waals surface area (Å²) in [6.07, 6.45) is 3.15. The topological polar surface area (TPSA) is 52.3 Å². The van der Waals surface area contributed by atoms with Gasteiger partial charge in [-0.15, -0.1) is 0 Å². The molecule has 0 aromatic heterocycles. The minimum atomic E-state index is -0.713. The monoisotopic (exact) mass is 221 g/mol. The van der Waals surface area contributed by atoms with E-state index in [2.05, 4.69) is 34.7 Å². The summed E-state index contributed by atoms with van der Waals surface area (Å²) in [6.45, 7) is 3.48. The molecule has 1 aliphatic carbocycles. The van der Waals surface area contributed by atoms with Crippen LogP contribution in [0.2, 0.25) is 0 Å². The van der Waals surface area contributed by atoms with Gasteiger partial charge in [-0.2, -0.15) is 0 Å². The van der Waals surface area contributed by atoms with Crippen molar-refractivity contribution in [2.24, 2.45) is 5.73 Å². The van der Waals surface area contributed by atoms with E-state index in [0.29, 0.717) is 0 Å². The molecule has 0 saturated heterocycles. The Morgan fingerprint density at radius 3 is 2.06 bits per heavy atom. The van der Waals surface area contributed by atoms with Crippen molar-refractivity contribution >= 4 is 6.09 Å². The van der Waals surface area contributed by atoms with E-state index in [4.69, 9.17) is 0 Å². The third-order valence-corrected chi connectivity index (χ3v) is 2.36. The number of hydrogen-bond donors (Lipinski definition) is 1. The van der Waals surface area contributed by atoms with Crippen LogP contribution >= 0.6 is 0 Å². The molecule has 0 aliphatic heterocycles. The molecule has 0 fully saturated rings. The molecule has 2 rings (SSSR count). The molecule has 1 aromatic rings. The number of fused-ring (bicyclic) bond motifs is 1. The summed E-state index contributed by atoms with van der Waals surface area (Å²) >= 11 is 0. The predicted octanol–water partition coefficient (Wildman–Crippen LogP) is 2.67. The van der Waals surface area contributed by atoms with Crippen LogP contribution in [0.15, 0.2) is 24.3 Å². The van der Waals surface area contributed by atoms with E-state index in [1.165, 1.54) is 19.3 Å². The molecule has 0 saturated carbocycles. The maximum absolute atomic E-state index is 9.81. The SMILES string of the molecule is CC(C)OC(N)=O.c1ccc2c(c1)CCC2. The summed E-state index contributed by atoms with van der Waals surface area (Å²) in [6, 6.07) is 8.74. The number of nitrogens with two attached hydrogens (primary N) is 1. The number of amides is 1. The van der Waals surface area contributed by atoms with Gasteiger partial charge in [0, 0.05) is 0 Å². The van der Waals surface area contributed by atoms with Crippen molar-refractivity contribution in [3.63, 3.8) is 0 Å². The molecule has 0 atom stereocenters. The highest BCUT2D eigenvalue weighted by molar-refractivity contribution is 5.64. The summed E-state index contributed by atoms with van der Waals surface area (Å²) in [5.41, 5.74) is 7.77. The first-order valence-corrected chi connectivity index (χ1v) is 5.62. The minimum absolute atomic E-state index is 0.0995. The highest BCUT2D eigenvalue weighted by Gasteiger charge is 2.07. The molecule has 1 aliphatic rings. The lowest BCUT2D eigenvalue weighted by molar-refractivity contribution is 0.125. The van der Waals surface area contributed by atoms with E-state index < -0.39 is 6.09 Å². The largest absolute Gasteiger partial charge is 0.447 e. The Morgan fingerprint density at radius 2 is 1.75 bits per heavy atom. The molecular formula is C13H19NO2. The first-order valence-electron chi connectivity index (χ1n) is 5.62. The number of hydrogen-bond acceptors (Lipinski definition) is 2. The molecule has 0 heterocycles. The Morgan fingerprint density at radius 1 is 1.25 bits per heavy atom. The fourth-order valence-electron chi connectivity index (χ4n) is 1.75. The molecule has 0 bridgehead atoms. The molecule has 0 radical (unpaired) electrons. The van der Waals surface area contributed by atoms with Gasteiger partial charge in [0.2, 0.25) is 0 Å². The van der Waals surface area contributed by atoms with Gasteiger partial charge in [0.25, 0.3) is 0 Å². The highest BCUT2D eigenvalue weighted by Crippen LogP contribution is 2.20. The second-order valence-corrected chi connectivity index (χ2v) is 4.11. The second kappa shape index (κ2) is 6.16. The van der Waals surface area contributed by atoms with Gasteiger partial charge in [-0.25, -0.2) is 4.79 Å². The second-order valence-electron chi connectivity index (χ2n) is 4.11. The van der Waals surface area contributed by atoms with Gasteiger partial charge in [-0.05, 0) is 44.2 Å². The van der Waals surface area contributed by atoms with Gasteiger partial charge < -0.3 is 10.5 Å². The third kappa shape index (κ3) is 4.34. The van der Waals surface area contributed by atoms with Crippen molar-refractivity contribution in [2.45, 2.75) is 39.2 Å². The van der Waals surface area contributed by atoms with Crippen LogP contribution in [0.1, 0.15) is 31.4 Å². The van der Waals surface area contributed by atoms with E-state index in [-0.39, 0.29) is 6.10 Å². The normalized spacial score (nSPS) is 12.7. The van der Waals surface area contributed by atoms with Crippen LogP contribution in [0.3, 0.4) is 0 Å². The summed E-state index contributed by atoms with van der Waals surface area (Å²) in [7, 11) is 0. The number of rotatable bonds is 1. The van der Waals surface area contributed by atoms with Crippen molar-refractivity contribution in [1.82, 2.24) is 0 Å². The quantitative estimate of drug-likeness (QED) is 0.792. The zero-order chi connectivity index (χ0) is 12.0. The maximum atomic E-state index is 9.81. The number of ether oxygens (including phenoxy) is 1. The molecular weight excluding hydrogens is 202 g/mol. The van der Waals surface area contributed by atoms with Crippen LogP contribution in [0, 0.1) is 0 Å². The third-order valence-electron chi connectivity index (χ3n) is 2.36. The average Bonchev–Trinajstić information content (AvgIpc) is 2.63. The fraction of sp³-hybridized carbons (Fsp3) is 0.462. The lowest BCUT2D eigenvalue weighted by Gasteiger charge is -2.01. The van der Waals surface area contributed by atoms with Gasteiger partial charge in [0.1, 0.15) is 0 Å². The molecule has 3 nitrogen and oxygen atoms in total. The molecule has 2 N–H and O–H groups in total. The van der Waals surface area contributed by atoms with Gasteiger partial charge in [-0.3, -0.25) is 0 Å². The lowest BCUT2D eigenvalue weighted by atomic mass is 10.1. The van der Waals surface area contributed by atoms with Crippen molar-refractivity contribution in [1.29, 1.82) is 0 Å². The van der Waals surface area contributed by atoms with Crippen molar-refractivity contribution in [3.05, 3.63) is 35.4 Å². The van der Waals surface area contributed by atoms with Gasteiger partial charge in [0.15, 0.2) is 0 Å². The van der Waals surface area contributed by atoms with Crippen LogP contribution in [-0.4, -0.2) is 12.2 Å². The van der Waals surface area contributed by atoms with Crippen LogP contribution in [0.25, 0.3) is 0 Å². The van der Waals surface area contributed by atoms with E-state index in [0.717, 1.165) is 0 Å². The smallest absolute Gasteiger partial charge is 0.404 e. The van der Waals surface area contributed by atoms with E-state index in [9.17, 15) is 4.79 Å². The van der Waals surface area contributed by atoms with Crippen molar-refractivity contribution in [3.8, 4) is 0 Å². The number of carbonyl (C=O) groups excluding carboxylic acids is 1. The number of primary amides is 1. The summed E-state index contributed by atoms with van der Waals surface area (Å²) in [4.78, 5) is 9.81. The van der Waals surface area contributed by atoms with E-state index in [1.807, 2.05) is 0 Å². The van der Waals surface area contributed by atoms with Gasteiger partial charge >= 0.3 is 6.09 Å². The summed E-state index contributed by atoms with van der Waals surface area (Å²) < 4.78 is 4.39. The Balaban J connectivity index is 0.000000168. The number of carbonyl (C=O) groups is 1. The Bertz CT molecular complexity index is 325. The zero-order valence-electron chi connectivity index (χ0n) is 9.90. The van der Waals surface area contributed by atoms with Crippen LogP contribution in [0.4, 0.5) is 4.79 Å². The Kier molecular flexibility index (Phi) is 4.83. The fourth-order valence-corrected chi connectivity index (χ4v) is 1.75. The van der Waals surface area contributed by atoms with Gasteiger partial charge in [-0.1, -0.05) is 24.3 Å². The average molecular weight is 221 g/mol. The molecule has 16 heavy (non-hydrogen) atoms. The zero-order valence-corrected chi connectivity index (χ0v) is 9.90. The maximum Gasteiger partial charge on any atom is 0.404 e. The van der Waals surface area contributed by atoms with Crippen LogP contribution in [-0.2, 0) is 17.6 Å². The first kappa shape index (κ1) is 12.6. The van der Waals surface area contributed by atoms with Gasteiger partial charge in [0.05, 0.1) is 6.10 Å². The van der Waals surface area contributed by atoms with Crippen LogP contribution in [0.5, 0.6) is 0 Å². The minimum Gasteiger partial charge on any atom is -0.447 e. The highest BCUT2D eigenvalue weighted by atomic mass is 16.6. The summed E-state index contributed by atoms with van der Waals surface area (Å²) in [5, 5.41) is 0. The van der Waals surface area contributed by atoms with E-state index in [1.54, 1.807) is 25.0 Å². The first-order chi connectivity index (χ1) is 7.59. The Hall–Kier alpha value is -1.51. The van der Waals surface area contributed by atoms with Crippen molar-refractivity contribution < 1.29 is 9.53 Å². The Labute approximate surface area is 96.6 Å². The standard InChI is InChI=1S/C9H10.C4H9NO2/c1-2-5-9-7-3-6-8(9)4-1;1-3(2)7-4(5)6/h1-2,4-5H,3,6-7H2;3H,1-2H3,(H2,5,6). The molecule has 3 heteroatoms. The van der Waals surface area contributed by atoms with E-state index >= 15 is 0 Å². The lowest BCUT2D eigenvalue weighted by Crippen LogP contribution is -2.17. The predicted molar refractivity (Wildman–Crippen MR) is 64.3 cm³/mol. The number of aryl methyl sites for hydroxylation is 2. The number of benzene rings is 1. The molecule has 0 spiro atoms. The van der Waals surface area contributed by atoms with Crippen LogP contribution < -0.4 is 5.73 Å². The molecule has 1 amide bonds. The molecule has 88 valence electrons. The molecule has 1 aromatic carbocycles. The van der Waals surface area contributed by atoms with Crippen molar-refractivity contribution in [2.75, 3.05) is 0 Å².